The summed E-state index contributed by atoms with van der Waals surface area (Å²) in [5, 5.41) is 1.55. The largest absolute Gasteiger partial charge is 0.329 e. The molecular formula is C16H17BrN4O2S. The molecule has 0 radical (unpaired) electrons. The fraction of sp³-hybridized carbons (Fsp3) is 0.312. The molecule has 0 aliphatic heterocycles. The lowest BCUT2D eigenvalue weighted by molar-refractivity contribution is 0.728. The zero-order valence-corrected chi connectivity index (χ0v) is 15.8. The Balaban J connectivity index is 2.21. The third-order valence-corrected chi connectivity index (χ3v) is 5.60. The van der Waals surface area contributed by atoms with Gasteiger partial charge in [0, 0.05) is 18.1 Å². The lowest BCUT2D eigenvalue weighted by atomic mass is 10.1. The molecule has 24 heavy (non-hydrogen) atoms. The lowest BCUT2D eigenvalue weighted by Crippen LogP contribution is -2.29. The van der Waals surface area contributed by atoms with Crippen LogP contribution in [0.1, 0.15) is 11.1 Å². The highest BCUT2D eigenvalue weighted by molar-refractivity contribution is 9.09. The van der Waals surface area contributed by atoms with Crippen molar-refractivity contribution in [2.75, 3.05) is 11.1 Å². The van der Waals surface area contributed by atoms with Crippen LogP contribution in [0.2, 0.25) is 0 Å². The number of aromatic amines is 1. The minimum Gasteiger partial charge on any atom is -0.309 e. The summed E-state index contributed by atoms with van der Waals surface area (Å²) in [5.74, 6) is 0.822. The Kier molecular flexibility index (Phi) is 4.96. The number of H-pyrrole nitrogens is 1. The summed E-state index contributed by atoms with van der Waals surface area (Å²) < 4.78 is 3.26. The highest BCUT2D eigenvalue weighted by atomic mass is 79.9. The molecule has 0 saturated carbocycles. The van der Waals surface area contributed by atoms with Crippen molar-refractivity contribution in [1.29, 1.82) is 0 Å². The van der Waals surface area contributed by atoms with Gasteiger partial charge < -0.3 is 4.57 Å². The Hall–Kier alpha value is -1.80. The van der Waals surface area contributed by atoms with Crippen LogP contribution < -0.4 is 11.2 Å². The number of fused-ring (bicyclic) bond motifs is 1. The highest BCUT2D eigenvalue weighted by Gasteiger charge is 2.17. The van der Waals surface area contributed by atoms with E-state index in [0.717, 1.165) is 27.4 Å². The quantitative estimate of drug-likeness (QED) is 0.519. The zero-order chi connectivity index (χ0) is 17.3. The molecule has 2 aromatic heterocycles. The van der Waals surface area contributed by atoms with Crippen LogP contribution in [0.5, 0.6) is 0 Å². The molecule has 0 saturated heterocycles. The SMILES string of the molecule is Cc1cccc(Cn2c(SCCBr)nc3c2c(=O)[nH]c(=O)n3C)c1. The number of benzene rings is 1. The van der Waals surface area contributed by atoms with Crippen LogP contribution in [-0.2, 0) is 13.6 Å². The molecule has 3 rings (SSSR count). The van der Waals surface area contributed by atoms with Crippen molar-refractivity contribution in [3.8, 4) is 0 Å². The minimum absolute atomic E-state index is 0.404. The fourth-order valence-corrected chi connectivity index (χ4v) is 3.80. The predicted molar refractivity (Wildman–Crippen MR) is 100 cm³/mol. The molecular weight excluding hydrogens is 392 g/mol. The molecule has 0 amide bonds. The number of rotatable bonds is 5. The summed E-state index contributed by atoms with van der Waals surface area (Å²) in [6, 6.07) is 8.14. The Morgan fingerprint density at radius 2 is 2.12 bits per heavy atom. The molecule has 1 aromatic carbocycles. The molecule has 6 nitrogen and oxygen atoms in total. The molecule has 2 heterocycles. The molecule has 0 aliphatic rings. The third kappa shape index (κ3) is 3.21. The number of imidazole rings is 1. The summed E-state index contributed by atoms with van der Waals surface area (Å²) in [6.45, 7) is 2.57. The maximum absolute atomic E-state index is 12.4. The van der Waals surface area contributed by atoms with Gasteiger partial charge in [-0.1, -0.05) is 57.5 Å². The van der Waals surface area contributed by atoms with E-state index in [2.05, 4.69) is 32.0 Å². The van der Waals surface area contributed by atoms with Gasteiger partial charge in [0.1, 0.15) is 0 Å². The molecule has 3 aromatic rings. The third-order valence-electron chi connectivity index (χ3n) is 3.70. The topological polar surface area (TPSA) is 72.7 Å². The van der Waals surface area contributed by atoms with E-state index in [-0.39, 0.29) is 0 Å². The predicted octanol–water partition coefficient (Wildman–Crippen LogP) is 2.27. The summed E-state index contributed by atoms with van der Waals surface area (Å²) >= 11 is 4.97. The van der Waals surface area contributed by atoms with E-state index < -0.39 is 11.2 Å². The number of alkyl halides is 1. The summed E-state index contributed by atoms with van der Waals surface area (Å²) in [6.07, 6.45) is 0. The van der Waals surface area contributed by atoms with Crippen LogP contribution in [-0.4, -0.2) is 30.2 Å². The number of halogens is 1. The van der Waals surface area contributed by atoms with Gasteiger partial charge in [0.25, 0.3) is 5.56 Å². The molecule has 0 bridgehead atoms. The van der Waals surface area contributed by atoms with Crippen LogP contribution in [0, 0.1) is 6.92 Å². The van der Waals surface area contributed by atoms with Gasteiger partial charge in [0.05, 0.1) is 6.54 Å². The van der Waals surface area contributed by atoms with Gasteiger partial charge in [0.15, 0.2) is 16.3 Å². The van der Waals surface area contributed by atoms with E-state index in [1.54, 1.807) is 18.8 Å². The van der Waals surface area contributed by atoms with Crippen LogP contribution in [0.15, 0.2) is 39.0 Å². The van der Waals surface area contributed by atoms with Crippen molar-refractivity contribution in [1.82, 2.24) is 19.1 Å². The van der Waals surface area contributed by atoms with Gasteiger partial charge in [-0.25, -0.2) is 9.78 Å². The van der Waals surface area contributed by atoms with E-state index in [4.69, 9.17) is 0 Å². The molecule has 1 N–H and O–H groups in total. The Morgan fingerprint density at radius 3 is 2.83 bits per heavy atom. The Morgan fingerprint density at radius 1 is 1.33 bits per heavy atom. The lowest BCUT2D eigenvalue weighted by Gasteiger charge is -2.09. The molecule has 0 atom stereocenters. The van der Waals surface area contributed by atoms with Gasteiger partial charge in [-0.15, -0.1) is 0 Å². The van der Waals surface area contributed by atoms with E-state index >= 15 is 0 Å². The maximum Gasteiger partial charge on any atom is 0.329 e. The smallest absolute Gasteiger partial charge is 0.309 e. The molecule has 126 valence electrons. The average Bonchev–Trinajstić information content (AvgIpc) is 2.90. The van der Waals surface area contributed by atoms with Gasteiger partial charge in [-0.05, 0) is 12.5 Å². The van der Waals surface area contributed by atoms with E-state index in [1.165, 1.54) is 4.57 Å². The molecule has 8 heteroatoms. The summed E-state index contributed by atoms with van der Waals surface area (Å²) in [7, 11) is 1.61. The molecule has 0 aliphatic carbocycles. The minimum atomic E-state index is -0.454. The summed E-state index contributed by atoms with van der Waals surface area (Å²) in [5.41, 5.74) is 2.23. The summed E-state index contributed by atoms with van der Waals surface area (Å²) in [4.78, 5) is 31.1. The van der Waals surface area contributed by atoms with Crippen LogP contribution in [0.25, 0.3) is 11.2 Å². The first-order valence-electron chi connectivity index (χ1n) is 7.45. The van der Waals surface area contributed by atoms with E-state index in [9.17, 15) is 9.59 Å². The van der Waals surface area contributed by atoms with Gasteiger partial charge in [-0.3, -0.25) is 14.3 Å². The number of nitrogens with zero attached hydrogens (tertiary/aromatic N) is 3. The van der Waals surface area contributed by atoms with Crippen LogP contribution in [0.3, 0.4) is 0 Å². The Bertz CT molecular complexity index is 1010. The molecule has 0 unspecified atom stereocenters. The maximum atomic E-state index is 12.4. The second-order valence-electron chi connectivity index (χ2n) is 5.50. The van der Waals surface area contributed by atoms with Crippen molar-refractivity contribution < 1.29 is 0 Å². The first-order chi connectivity index (χ1) is 11.5. The number of nitrogens with one attached hydrogen (secondary N) is 1. The first kappa shape index (κ1) is 17.0. The monoisotopic (exact) mass is 408 g/mol. The van der Waals surface area contributed by atoms with Crippen LogP contribution in [0.4, 0.5) is 0 Å². The van der Waals surface area contributed by atoms with Crippen molar-refractivity contribution in [3.63, 3.8) is 0 Å². The van der Waals surface area contributed by atoms with Gasteiger partial charge in [0.2, 0.25) is 0 Å². The van der Waals surface area contributed by atoms with Crippen molar-refractivity contribution in [2.24, 2.45) is 7.05 Å². The first-order valence-corrected chi connectivity index (χ1v) is 9.56. The van der Waals surface area contributed by atoms with Crippen molar-refractivity contribution >= 4 is 38.9 Å². The zero-order valence-electron chi connectivity index (χ0n) is 13.4. The van der Waals surface area contributed by atoms with Gasteiger partial charge >= 0.3 is 5.69 Å². The van der Waals surface area contributed by atoms with Gasteiger partial charge in [-0.2, -0.15) is 0 Å². The number of hydrogen-bond acceptors (Lipinski definition) is 4. The number of aromatic nitrogens is 4. The number of hydrogen-bond donors (Lipinski definition) is 1. The highest BCUT2D eigenvalue weighted by Crippen LogP contribution is 2.23. The number of thioether (sulfide) groups is 1. The average molecular weight is 409 g/mol. The second kappa shape index (κ2) is 6.98. The van der Waals surface area contributed by atoms with E-state index in [1.807, 2.05) is 29.7 Å². The van der Waals surface area contributed by atoms with Crippen molar-refractivity contribution in [3.05, 3.63) is 56.2 Å². The number of aryl methyl sites for hydroxylation is 2. The molecule has 0 spiro atoms. The van der Waals surface area contributed by atoms with E-state index in [0.29, 0.717) is 17.7 Å². The fourth-order valence-electron chi connectivity index (χ4n) is 2.59. The second-order valence-corrected chi connectivity index (χ2v) is 7.35. The van der Waals surface area contributed by atoms with Crippen molar-refractivity contribution in [2.45, 2.75) is 18.6 Å². The standard InChI is InChI=1S/C16H17BrN4O2S/c1-10-4-3-5-11(8-10)9-21-12-13(18-16(21)24-7-6-17)20(2)15(23)19-14(12)22/h3-5,8H,6-7,9H2,1-2H3,(H,19,22,23). The van der Waals surface area contributed by atoms with Crippen LogP contribution >= 0.6 is 27.7 Å². The Labute approximate surface area is 151 Å². The molecule has 0 fully saturated rings. The normalized spacial score (nSPS) is 11.3.